The normalized spacial score (nSPS) is 18.2. The van der Waals surface area contributed by atoms with Gasteiger partial charge in [-0.1, -0.05) is 13.3 Å². The molecule has 0 spiro atoms. The number of hydrogen-bond donors (Lipinski definition) is 3. The number of halogens is 3. The van der Waals surface area contributed by atoms with Crippen molar-refractivity contribution in [3.8, 4) is 5.75 Å². The Morgan fingerprint density at radius 2 is 1.90 bits per heavy atom. The quantitative estimate of drug-likeness (QED) is 0.323. The van der Waals surface area contributed by atoms with Crippen LogP contribution < -0.4 is 15.4 Å². The first-order valence-electron chi connectivity index (χ1n) is 14.7. The van der Waals surface area contributed by atoms with Crippen molar-refractivity contribution < 1.29 is 27.4 Å². The molecule has 42 heavy (non-hydrogen) atoms. The second-order valence-electron chi connectivity index (χ2n) is 11.0. The Morgan fingerprint density at radius 1 is 1.12 bits per heavy atom. The fourth-order valence-corrected chi connectivity index (χ4v) is 6.09. The summed E-state index contributed by atoms with van der Waals surface area (Å²) in [5.74, 6) is 0.777. The van der Waals surface area contributed by atoms with Crippen molar-refractivity contribution in [2.75, 3.05) is 63.2 Å². The zero-order valence-corrected chi connectivity index (χ0v) is 23.6. The van der Waals surface area contributed by atoms with Crippen molar-refractivity contribution >= 4 is 34.4 Å². The smallest absolute Gasteiger partial charge is 0.418 e. The molecule has 5 heterocycles. The molecule has 13 heteroatoms. The lowest BCUT2D eigenvalue weighted by molar-refractivity contribution is -0.136. The lowest BCUT2D eigenvalue weighted by atomic mass is 9.99. The van der Waals surface area contributed by atoms with Crippen LogP contribution in [0.3, 0.4) is 0 Å². The molecule has 6 rings (SSSR count). The number of carbonyl (C=O) groups is 1. The summed E-state index contributed by atoms with van der Waals surface area (Å²) in [4.78, 5) is 29.4. The molecular weight excluding hydrogens is 551 g/mol. The number of nitrogens with one attached hydrogen (secondary N) is 3. The minimum absolute atomic E-state index is 0.00475. The van der Waals surface area contributed by atoms with E-state index >= 15 is 0 Å². The topological polar surface area (TPSA) is 108 Å². The first-order chi connectivity index (χ1) is 20.3. The second kappa shape index (κ2) is 12.0. The van der Waals surface area contributed by atoms with Crippen LogP contribution >= 0.6 is 0 Å². The Balaban J connectivity index is 1.22. The summed E-state index contributed by atoms with van der Waals surface area (Å²) < 4.78 is 52.5. The van der Waals surface area contributed by atoms with Gasteiger partial charge in [0, 0.05) is 62.5 Å². The number of benzene rings is 1. The monoisotopic (exact) mass is 587 g/mol. The maximum Gasteiger partial charge on any atom is 0.418 e. The van der Waals surface area contributed by atoms with Crippen molar-refractivity contribution in [3.05, 3.63) is 35.0 Å². The van der Waals surface area contributed by atoms with Crippen molar-refractivity contribution in [1.82, 2.24) is 24.8 Å². The number of piperidine rings is 1. The maximum atomic E-state index is 13.7. The van der Waals surface area contributed by atoms with Crippen molar-refractivity contribution in [1.29, 1.82) is 0 Å². The Morgan fingerprint density at radius 3 is 2.64 bits per heavy atom. The number of fused-ring (bicyclic) bond motifs is 2. The Labute approximate surface area is 242 Å². The minimum atomic E-state index is -4.55. The third-order valence-electron chi connectivity index (χ3n) is 8.31. The van der Waals surface area contributed by atoms with Crippen LogP contribution in [-0.2, 0) is 17.3 Å². The fourth-order valence-electron chi connectivity index (χ4n) is 6.09. The number of likely N-dealkylation sites (tertiary alicyclic amines) is 1. The number of carbonyl (C=O) groups excluding carboxylic acids is 1. The first-order valence-corrected chi connectivity index (χ1v) is 14.7. The summed E-state index contributed by atoms with van der Waals surface area (Å²) >= 11 is 0. The van der Waals surface area contributed by atoms with Gasteiger partial charge < -0.3 is 30.0 Å². The number of aromatic nitrogens is 3. The molecule has 0 saturated carbocycles. The molecule has 2 saturated heterocycles. The van der Waals surface area contributed by atoms with Gasteiger partial charge in [-0.25, -0.2) is 0 Å². The zero-order valence-electron chi connectivity index (χ0n) is 23.6. The summed E-state index contributed by atoms with van der Waals surface area (Å²) in [5, 5.41) is 6.09. The molecule has 0 unspecified atom stereocenters. The van der Waals surface area contributed by atoms with Crippen LogP contribution in [-0.4, -0.2) is 89.2 Å². The third-order valence-corrected chi connectivity index (χ3v) is 8.31. The van der Waals surface area contributed by atoms with Crippen LogP contribution in [0.15, 0.2) is 18.3 Å². The van der Waals surface area contributed by atoms with Gasteiger partial charge in [0.25, 0.3) is 5.91 Å². The molecule has 3 aliphatic rings. The lowest BCUT2D eigenvalue weighted by Gasteiger charge is -2.40. The number of ether oxygens (including phenoxy) is 2. The van der Waals surface area contributed by atoms with Crippen LogP contribution in [0.4, 0.5) is 30.6 Å². The summed E-state index contributed by atoms with van der Waals surface area (Å²) in [6.45, 7) is 7.73. The molecule has 0 bridgehead atoms. The molecular formula is C29H36F3N7O3. The van der Waals surface area contributed by atoms with Gasteiger partial charge in [0.1, 0.15) is 17.2 Å². The van der Waals surface area contributed by atoms with E-state index in [0.717, 1.165) is 63.7 Å². The number of unbranched alkanes of at least 4 members (excludes halogenated alkanes) is 1. The van der Waals surface area contributed by atoms with E-state index in [1.165, 1.54) is 0 Å². The number of rotatable bonds is 8. The van der Waals surface area contributed by atoms with Crippen LogP contribution in [0, 0.1) is 0 Å². The SMILES string of the molecule is CCCCNc1nc(Nc2ccc(C(=O)N3CCC(N4CCOCC4)CC3)c3c2OCC3)nc2[nH]cc(C(F)(F)F)c12. The molecule has 3 aliphatic heterocycles. The van der Waals surface area contributed by atoms with Crippen LogP contribution in [0.1, 0.15) is 54.1 Å². The number of morpholine rings is 1. The Bertz CT molecular complexity index is 1430. The highest BCUT2D eigenvalue weighted by molar-refractivity contribution is 5.98. The van der Waals surface area contributed by atoms with E-state index in [1.54, 1.807) is 12.1 Å². The van der Waals surface area contributed by atoms with Gasteiger partial charge in [0.2, 0.25) is 5.95 Å². The van der Waals surface area contributed by atoms with E-state index < -0.39 is 11.7 Å². The predicted octanol–water partition coefficient (Wildman–Crippen LogP) is 4.80. The van der Waals surface area contributed by atoms with E-state index in [2.05, 4.69) is 30.5 Å². The molecule has 2 fully saturated rings. The van der Waals surface area contributed by atoms with E-state index in [9.17, 15) is 18.0 Å². The molecule has 226 valence electrons. The summed E-state index contributed by atoms with van der Waals surface area (Å²) in [6, 6.07) is 4.02. The number of anilines is 3. The molecule has 2 aromatic heterocycles. The lowest BCUT2D eigenvalue weighted by Crippen LogP contribution is -2.50. The highest BCUT2D eigenvalue weighted by Crippen LogP contribution is 2.40. The standard InChI is InChI=1S/C29H36F3N7O3/c1-2-3-9-33-25-23-21(29(30,31)32)17-34-26(23)37-28(36-25)35-22-5-4-20(19-8-14-42-24(19)22)27(40)39-10-6-18(7-11-39)38-12-15-41-16-13-38/h4-5,17-18H,2-3,6-16H2,1H3,(H3,33,34,35,36,37). The molecule has 0 radical (unpaired) electrons. The number of H-pyrrole nitrogens is 1. The van der Waals surface area contributed by atoms with Gasteiger partial charge in [-0.05, 0) is 31.4 Å². The van der Waals surface area contributed by atoms with E-state index in [1.807, 2.05) is 11.8 Å². The van der Waals surface area contributed by atoms with Gasteiger partial charge in [-0.15, -0.1) is 0 Å². The van der Waals surface area contributed by atoms with Crippen molar-refractivity contribution in [3.63, 3.8) is 0 Å². The summed E-state index contributed by atoms with van der Waals surface area (Å²) in [5.41, 5.74) is 1.26. The summed E-state index contributed by atoms with van der Waals surface area (Å²) in [7, 11) is 0. The predicted molar refractivity (Wildman–Crippen MR) is 153 cm³/mol. The average molecular weight is 588 g/mol. The number of aromatic amines is 1. The number of alkyl halides is 3. The van der Waals surface area contributed by atoms with Crippen molar-refractivity contribution in [2.45, 2.75) is 51.2 Å². The van der Waals surface area contributed by atoms with Gasteiger partial charge in [0.15, 0.2) is 0 Å². The maximum absolute atomic E-state index is 13.7. The van der Waals surface area contributed by atoms with E-state index in [4.69, 9.17) is 9.47 Å². The number of amides is 1. The fraction of sp³-hybridized carbons (Fsp3) is 0.552. The first kappa shape index (κ1) is 28.5. The Kier molecular flexibility index (Phi) is 8.13. The van der Waals surface area contributed by atoms with Crippen LogP contribution in [0.25, 0.3) is 11.0 Å². The highest BCUT2D eigenvalue weighted by Gasteiger charge is 2.36. The van der Waals surface area contributed by atoms with Gasteiger partial charge >= 0.3 is 6.18 Å². The van der Waals surface area contributed by atoms with Gasteiger partial charge in [-0.3, -0.25) is 9.69 Å². The highest BCUT2D eigenvalue weighted by atomic mass is 19.4. The molecule has 10 nitrogen and oxygen atoms in total. The number of nitrogens with zero attached hydrogens (tertiary/aromatic N) is 4. The van der Waals surface area contributed by atoms with E-state index in [0.29, 0.717) is 55.7 Å². The van der Waals surface area contributed by atoms with Gasteiger partial charge in [0.05, 0.1) is 36.5 Å². The Hall–Kier alpha value is -3.58. The summed E-state index contributed by atoms with van der Waals surface area (Å²) in [6.07, 6.45) is 0.492. The third kappa shape index (κ3) is 5.71. The molecule has 3 N–H and O–H groups in total. The van der Waals surface area contributed by atoms with E-state index in [-0.39, 0.29) is 28.7 Å². The average Bonchev–Trinajstić information content (AvgIpc) is 3.66. The minimum Gasteiger partial charge on any atom is -0.491 e. The number of hydrogen-bond acceptors (Lipinski definition) is 8. The van der Waals surface area contributed by atoms with Crippen LogP contribution in [0.5, 0.6) is 5.75 Å². The molecule has 3 aromatic rings. The molecule has 0 atom stereocenters. The second-order valence-corrected chi connectivity index (χ2v) is 11.0. The largest absolute Gasteiger partial charge is 0.491 e. The molecule has 0 aliphatic carbocycles. The van der Waals surface area contributed by atoms with Crippen molar-refractivity contribution in [2.24, 2.45) is 0 Å². The molecule has 1 amide bonds. The van der Waals surface area contributed by atoms with Crippen LogP contribution in [0.2, 0.25) is 0 Å². The molecule has 1 aromatic carbocycles. The zero-order chi connectivity index (χ0) is 29.3. The van der Waals surface area contributed by atoms with Gasteiger partial charge in [-0.2, -0.15) is 23.1 Å².